The highest BCUT2D eigenvalue weighted by atomic mass is 16.4. The number of guanidine groups is 2. The number of benzene rings is 1. The van der Waals surface area contributed by atoms with Gasteiger partial charge in [-0.15, -0.1) is 0 Å². The van der Waals surface area contributed by atoms with Crippen LogP contribution in [0.25, 0.3) is 0 Å². The van der Waals surface area contributed by atoms with Crippen molar-refractivity contribution in [3.05, 3.63) is 29.8 Å². The summed E-state index contributed by atoms with van der Waals surface area (Å²) in [5, 5.41) is 76.5. The zero-order valence-corrected chi connectivity index (χ0v) is 56.3. The topological polar surface area (TPSA) is 616 Å². The molecule has 35 nitrogen and oxygen atoms in total. The summed E-state index contributed by atoms with van der Waals surface area (Å²) in [5.74, 6) is -12.3. The van der Waals surface area contributed by atoms with E-state index in [2.05, 4.69) is 63.2 Å². The van der Waals surface area contributed by atoms with E-state index in [1.165, 1.54) is 31.2 Å². The van der Waals surface area contributed by atoms with Gasteiger partial charge in [-0.1, -0.05) is 60.1 Å². The monoisotopic (exact) mass is 1360 g/mol. The Labute approximate surface area is 560 Å². The van der Waals surface area contributed by atoms with Gasteiger partial charge in [-0.3, -0.25) is 57.9 Å². The Morgan fingerprint density at radius 1 is 0.417 bits per heavy atom. The number of nitrogens with one attached hydrogen (secondary N) is 10. The van der Waals surface area contributed by atoms with Gasteiger partial charge in [0, 0.05) is 19.5 Å². The number of aliphatic carboxylic acids is 1. The molecule has 1 rings (SSSR count). The van der Waals surface area contributed by atoms with Gasteiger partial charge in [0.05, 0.1) is 25.4 Å². The van der Waals surface area contributed by atoms with Crippen molar-refractivity contribution in [2.45, 2.75) is 211 Å². The fourth-order valence-electron chi connectivity index (χ4n) is 9.61. The van der Waals surface area contributed by atoms with Gasteiger partial charge in [-0.2, -0.15) is 0 Å². The largest absolute Gasteiger partial charge is 0.508 e. The van der Waals surface area contributed by atoms with Crippen LogP contribution in [0.15, 0.2) is 34.3 Å². The molecule has 29 N–H and O–H groups in total. The molecule has 544 valence electrons. The summed E-state index contributed by atoms with van der Waals surface area (Å²) in [4.78, 5) is 160. The molecule has 0 aliphatic rings. The number of nitrogens with zero attached hydrogens (tertiary/aromatic N) is 2. The van der Waals surface area contributed by atoms with Crippen molar-refractivity contribution in [2.75, 3.05) is 39.4 Å². The molecule has 96 heavy (non-hydrogen) atoms. The minimum Gasteiger partial charge on any atom is -0.508 e. The standard InChI is InChI=1S/C61H109N19O16/c1-32(2)26-42(75-57(93)47(31-82)79-53(89)43(27-33(3)4)76-56(92)46(30-81)78-49(85)38(64)14-8-10-22-62)52(88)72-39(15-9-11-23-63)50(86)71-40(16-12-24-69-60(65)66)51(87)74-44(28-34(5)6)55(91)80-48(35(7)83)58(94)77-45(29-36-18-20-37(84)21-19-36)54(90)73-41(59(95)96)17-13-25-70-61(67)68/h18-21,32-35,38-48,81-84H,8-17,22-31,62-64H2,1-7H3,(H,71,86)(H,72,88)(H,73,90)(H,74,87)(H,75,93)(H,76,92)(H,77,94)(H,78,85)(H,79,89)(H,80,91)(H,95,96)(H4,65,66,69)(H4,67,68,70)/t35-,38+,39+,40+,41+,42+,43+,44+,45+,46+,47+,48+/m1/s1. The average Bonchev–Trinajstić information content (AvgIpc) is 0.940. The van der Waals surface area contributed by atoms with Crippen LogP contribution in [0.4, 0.5) is 0 Å². The second-order valence-electron chi connectivity index (χ2n) is 24.8. The zero-order valence-electron chi connectivity index (χ0n) is 56.3. The average molecular weight is 1360 g/mol. The van der Waals surface area contributed by atoms with E-state index in [0.717, 1.165) is 0 Å². The number of aromatic hydroxyl groups is 1. The van der Waals surface area contributed by atoms with Gasteiger partial charge in [0.15, 0.2) is 11.9 Å². The summed E-state index contributed by atoms with van der Waals surface area (Å²) in [7, 11) is 0. The van der Waals surface area contributed by atoms with E-state index >= 15 is 0 Å². The highest BCUT2D eigenvalue weighted by Gasteiger charge is 2.38. The van der Waals surface area contributed by atoms with E-state index in [1.54, 1.807) is 41.5 Å². The minimum atomic E-state index is -1.81. The van der Waals surface area contributed by atoms with E-state index in [4.69, 9.17) is 40.1 Å². The van der Waals surface area contributed by atoms with Crippen molar-refractivity contribution >= 4 is 77.0 Å². The zero-order chi connectivity index (χ0) is 72.8. The van der Waals surface area contributed by atoms with Crippen molar-refractivity contribution in [2.24, 2.45) is 67.9 Å². The van der Waals surface area contributed by atoms with Crippen LogP contribution in [-0.2, 0) is 59.2 Å². The molecule has 0 aliphatic carbocycles. The van der Waals surface area contributed by atoms with Crippen LogP contribution in [0, 0.1) is 17.8 Å². The molecular formula is C61H109N19O16. The Balaban J connectivity index is 3.61. The number of carbonyl (C=O) groups excluding carboxylic acids is 10. The molecule has 0 aliphatic heterocycles. The van der Waals surface area contributed by atoms with Gasteiger partial charge in [0.2, 0.25) is 59.1 Å². The maximum Gasteiger partial charge on any atom is 0.326 e. The van der Waals surface area contributed by atoms with Crippen LogP contribution in [0.5, 0.6) is 5.75 Å². The lowest BCUT2D eigenvalue weighted by atomic mass is 10.00. The first-order valence-electron chi connectivity index (χ1n) is 32.4. The third kappa shape index (κ3) is 34.2. The summed E-state index contributed by atoms with van der Waals surface area (Å²) in [6, 6.07) is -10.7. The van der Waals surface area contributed by atoms with E-state index in [0.29, 0.717) is 31.4 Å². The van der Waals surface area contributed by atoms with E-state index in [-0.39, 0.29) is 126 Å². The number of phenols is 1. The number of nitrogens with two attached hydrogens (primary N) is 7. The molecule has 1 aromatic rings. The molecule has 0 radical (unpaired) electrons. The molecule has 35 heteroatoms. The number of carboxylic acid groups (broad SMARTS) is 1. The second-order valence-corrected chi connectivity index (χ2v) is 24.8. The molecule has 0 bridgehead atoms. The molecular weight excluding hydrogens is 1250 g/mol. The number of hydrogen-bond donors (Lipinski definition) is 22. The number of rotatable bonds is 48. The minimum absolute atomic E-state index is 0.00564. The molecule has 0 heterocycles. The fourth-order valence-corrected chi connectivity index (χ4v) is 9.61. The number of aliphatic hydroxyl groups is 3. The van der Waals surface area contributed by atoms with E-state index in [1.807, 2.05) is 0 Å². The first kappa shape index (κ1) is 85.5. The van der Waals surface area contributed by atoms with Crippen LogP contribution in [-0.4, -0.2) is 214 Å². The van der Waals surface area contributed by atoms with Crippen molar-refractivity contribution in [3.63, 3.8) is 0 Å². The summed E-state index contributed by atoms with van der Waals surface area (Å²) in [6.45, 7) is 10.3. The Morgan fingerprint density at radius 2 is 0.740 bits per heavy atom. The molecule has 0 saturated carbocycles. The SMILES string of the molecule is CC(C)C[C@H](NC(=O)[C@H](CO)NC(=O)[C@H](CC(C)C)NC(=O)[C@H](CO)NC(=O)[C@@H](N)CCCCN)C(=O)N[C@@H](CCCCN)C(=O)N[C@@H](CCCN=C(N)N)C(=O)N[C@@H](CC(C)C)C(=O)N[C@H](C(=O)N[C@@H](Cc1ccc(O)cc1)C(=O)N[C@@H](CCCN=C(N)N)C(=O)O)[C@@H](C)O. The number of phenolic OH excluding ortho intramolecular Hbond substituents is 1. The lowest BCUT2D eigenvalue weighted by Crippen LogP contribution is -2.62. The number of aliphatic imine (C=N–C) groups is 2. The van der Waals surface area contributed by atoms with Gasteiger partial charge in [0.1, 0.15) is 66.2 Å². The summed E-state index contributed by atoms with van der Waals surface area (Å²) < 4.78 is 0. The molecule has 0 aromatic heterocycles. The highest BCUT2D eigenvalue weighted by Crippen LogP contribution is 2.16. The lowest BCUT2D eigenvalue weighted by Gasteiger charge is -2.29. The van der Waals surface area contributed by atoms with Gasteiger partial charge >= 0.3 is 5.97 Å². The Morgan fingerprint density at radius 3 is 1.12 bits per heavy atom. The highest BCUT2D eigenvalue weighted by molar-refractivity contribution is 5.99. The van der Waals surface area contributed by atoms with Gasteiger partial charge in [-0.05, 0) is 133 Å². The number of aliphatic hydroxyl groups excluding tert-OH is 3. The van der Waals surface area contributed by atoms with E-state index in [9.17, 15) is 78.3 Å². The number of amides is 10. The Kier molecular flexibility index (Phi) is 40.8. The first-order chi connectivity index (χ1) is 45.2. The predicted octanol–water partition coefficient (Wildman–Crippen LogP) is -5.94. The number of hydrogen-bond acceptors (Lipinski definition) is 20. The fraction of sp³-hybridized carbons (Fsp3) is 0.689. The summed E-state index contributed by atoms with van der Waals surface area (Å²) in [6.07, 6.45) is -0.164. The first-order valence-corrected chi connectivity index (χ1v) is 32.4. The molecule has 12 atom stereocenters. The molecule has 0 saturated heterocycles. The normalized spacial score (nSPS) is 15.0. The van der Waals surface area contributed by atoms with Crippen LogP contribution < -0.4 is 93.3 Å². The van der Waals surface area contributed by atoms with Crippen LogP contribution in [0.1, 0.15) is 138 Å². The van der Waals surface area contributed by atoms with Crippen LogP contribution in [0.3, 0.4) is 0 Å². The van der Waals surface area contributed by atoms with Gasteiger partial charge < -0.3 is 119 Å². The van der Waals surface area contributed by atoms with Crippen molar-refractivity contribution in [3.8, 4) is 5.75 Å². The number of carboxylic acids is 1. The smallest absolute Gasteiger partial charge is 0.326 e. The second kappa shape index (κ2) is 45.8. The number of unbranched alkanes of at least 4 members (excludes halogenated alkanes) is 2. The third-order valence-electron chi connectivity index (χ3n) is 14.7. The lowest BCUT2D eigenvalue weighted by molar-refractivity contribution is -0.142. The molecule has 0 fully saturated rings. The molecule has 1 aromatic carbocycles. The molecule has 0 unspecified atom stereocenters. The third-order valence-corrected chi connectivity index (χ3v) is 14.7. The molecule has 0 spiro atoms. The van der Waals surface area contributed by atoms with E-state index < -0.39 is 151 Å². The maximum atomic E-state index is 14.5. The number of carbonyl (C=O) groups is 11. The Bertz CT molecular complexity index is 2700. The van der Waals surface area contributed by atoms with Crippen LogP contribution >= 0.6 is 0 Å². The van der Waals surface area contributed by atoms with Crippen molar-refractivity contribution in [1.82, 2.24) is 53.2 Å². The summed E-state index contributed by atoms with van der Waals surface area (Å²) >= 11 is 0. The Hall–Kier alpha value is -8.51. The van der Waals surface area contributed by atoms with Crippen LogP contribution in [0.2, 0.25) is 0 Å². The van der Waals surface area contributed by atoms with Gasteiger partial charge in [0.25, 0.3) is 0 Å². The maximum absolute atomic E-state index is 14.5. The van der Waals surface area contributed by atoms with Crippen molar-refractivity contribution < 1.29 is 78.3 Å². The molecule has 10 amide bonds. The van der Waals surface area contributed by atoms with Gasteiger partial charge in [-0.25, -0.2) is 4.79 Å². The summed E-state index contributed by atoms with van der Waals surface area (Å²) in [5.41, 5.74) is 39.6. The predicted molar refractivity (Wildman–Crippen MR) is 357 cm³/mol. The van der Waals surface area contributed by atoms with Crippen molar-refractivity contribution in [1.29, 1.82) is 0 Å². The quantitative estimate of drug-likeness (QED) is 0.0164.